The molecule has 0 saturated carbocycles. The summed E-state index contributed by atoms with van der Waals surface area (Å²) in [6.45, 7) is 2.27. The van der Waals surface area contributed by atoms with Crippen LogP contribution in [0.1, 0.15) is 17.5 Å². The summed E-state index contributed by atoms with van der Waals surface area (Å²) in [6.07, 6.45) is 3.60. The lowest BCUT2D eigenvalue weighted by molar-refractivity contribution is -0.111. The highest BCUT2D eigenvalue weighted by atomic mass is 32.2. The Bertz CT molecular complexity index is 953. The second-order valence-electron chi connectivity index (χ2n) is 6.12. The zero-order valence-electron chi connectivity index (χ0n) is 14.3. The third-order valence-electron chi connectivity index (χ3n) is 4.16. The maximum atomic E-state index is 13.3. The van der Waals surface area contributed by atoms with E-state index >= 15 is 0 Å². The van der Waals surface area contributed by atoms with E-state index < -0.39 is 15.8 Å². The summed E-state index contributed by atoms with van der Waals surface area (Å²) in [4.78, 5) is 12.0. The average Bonchev–Trinajstić information content (AvgIpc) is 2.96. The zero-order chi connectivity index (χ0) is 18.7. The number of benzene rings is 2. The van der Waals surface area contributed by atoms with Gasteiger partial charge in [-0.05, 0) is 54.8 Å². The Labute approximate surface area is 152 Å². The minimum atomic E-state index is -3.20. The van der Waals surface area contributed by atoms with Crippen LogP contribution >= 0.6 is 0 Å². The third kappa shape index (κ3) is 4.11. The van der Waals surface area contributed by atoms with Crippen molar-refractivity contribution in [3.8, 4) is 0 Å². The number of hydrogen-bond acceptors (Lipinski definition) is 3. The van der Waals surface area contributed by atoms with E-state index in [1.807, 2.05) is 0 Å². The molecule has 1 fully saturated rings. The van der Waals surface area contributed by atoms with E-state index in [0.29, 0.717) is 24.3 Å². The molecule has 0 aromatic heterocycles. The molecule has 0 unspecified atom stereocenters. The summed E-state index contributed by atoms with van der Waals surface area (Å²) in [5, 5.41) is 2.63. The van der Waals surface area contributed by atoms with Gasteiger partial charge in [0, 0.05) is 18.3 Å². The van der Waals surface area contributed by atoms with Gasteiger partial charge in [0.2, 0.25) is 15.9 Å². The van der Waals surface area contributed by atoms with Crippen LogP contribution in [0.5, 0.6) is 0 Å². The van der Waals surface area contributed by atoms with Crippen LogP contribution in [-0.2, 0) is 14.8 Å². The maximum Gasteiger partial charge on any atom is 0.248 e. The number of amides is 1. The summed E-state index contributed by atoms with van der Waals surface area (Å²) in [7, 11) is -3.20. The molecule has 1 amide bonds. The third-order valence-corrected chi connectivity index (χ3v) is 6.03. The van der Waals surface area contributed by atoms with Crippen molar-refractivity contribution in [1.29, 1.82) is 0 Å². The van der Waals surface area contributed by atoms with Gasteiger partial charge in [-0.3, -0.25) is 9.10 Å². The number of hydrogen-bond donors (Lipinski definition) is 1. The van der Waals surface area contributed by atoms with Gasteiger partial charge in [-0.25, -0.2) is 12.8 Å². The molecule has 1 heterocycles. The molecule has 7 heteroatoms. The molecule has 0 bridgehead atoms. The SMILES string of the molecule is Cc1ccc(F)cc1NC(=O)/C=C/c1ccc(N2CCCS2(=O)=O)cc1. The van der Waals surface area contributed by atoms with Crippen LogP contribution in [0, 0.1) is 12.7 Å². The number of anilines is 2. The van der Waals surface area contributed by atoms with Gasteiger partial charge < -0.3 is 5.32 Å². The van der Waals surface area contributed by atoms with E-state index in [1.54, 1.807) is 43.3 Å². The lowest BCUT2D eigenvalue weighted by Gasteiger charge is -2.16. The second-order valence-corrected chi connectivity index (χ2v) is 8.13. The van der Waals surface area contributed by atoms with Crippen molar-refractivity contribution in [3.05, 3.63) is 65.5 Å². The van der Waals surface area contributed by atoms with E-state index in [9.17, 15) is 17.6 Å². The van der Waals surface area contributed by atoms with Crippen molar-refractivity contribution < 1.29 is 17.6 Å². The molecule has 136 valence electrons. The number of rotatable bonds is 4. The van der Waals surface area contributed by atoms with Crippen LogP contribution in [0.3, 0.4) is 0 Å². The molecular formula is C19H19FN2O3S. The molecule has 0 atom stereocenters. The Balaban J connectivity index is 1.67. The van der Waals surface area contributed by atoms with Crippen molar-refractivity contribution >= 4 is 33.4 Å². The molecule has 1 N–H and O–H groups in total. The first kappa shape index (κ1) is 18.1. The Kier molecular flexibility index (Phi) is 5.08. The van der Waals surface area contributed by atoms with Gasteiger partial charge in [0.05, 0.1) is 11.4 Å². The first-order valence-electron chi connectivity index (χ1n) is 8.21. The van der Waals surface area contributed by atoms with Crippen molar-refractivity contribution in [2.45, 2.75) is 13.3 Å². The predicted octanol–water partition coefficient (Wildman–Crippen LogP) is 3.33. The molecule has 1 aliphatic rings. The van der Waals surface area contributed by atoms with Crippen LogP contribution in [0.15, 0.2) is 48.5 Å². The summed E-state index contributed by atoms with van der Waals surface area (Å²) >= 11 is 0. The van der Waals surface area contributed by atoms with Gasteiger partial charge in [0.25, 0.3) is 0 Å². The molecule has 0 radical (unpaired) electrons. The van der Waals surface area contributed by atoms with Gasteiger partial charge in [0.1, 0.15) is 5.82 Å². The molecule has 0 aliphatic carbocycles. The highest BCUT2D eigenvalue weighted by molar-refractivity contribution is 7.93. The summed E-state index contributed by atoms with van der Waals surface area (Å²) < 4.78 is 38.5. The molecule has 0 spiro atoms. The fourth-order valence-corrected chi connectivity index (χ4v) is 4.32. The summed E-state index contributed by atoms with van der Waals surface area (Å²) in [5.41, 5.74) is 2.58. The number of halogens is 1. The molecule has 2 aromatic rings. The molecule has 1 saturated heterocycles. The first-order chi connectivity index (χ1) is 12.3. The fourth-order valence-electron chi connectivity index (χ4n) is 2.76. The largest absolute Gasteiger partial charge is 0.322 e. The number of aryl methyl sites for hydroxylation is 1. The van der Waals surface area contributed by atoms with Crippen LogP contribution in [0.2, 0.25) is 0 Å². The van der Waals surface area contributed by atoms with Gasteiger partial charge >= 0.3 is 0 Å². The highest BCUT2D eigenvalue weighted by Gasteiger charge is 2.28. The van der Waals surface area contributed by atoms with E-state index in [0.717, 1.165) is 11.1 Å². The Hall–Kier alpha value is -2.67. The smallest absolute Gasteiger partial charge is 0.248 e. The molecule has 26 heavy (non-hydrogen) atoms. The number of nitrogens with one attached hydrogen (secondary N) is 1. The summed E-state index contributed by atoms with van der Waals surface area (Å²) in [6, 6.07) is 11.1. The molecular weight excluding hydrogens is 355 g/mol. The quantitative estimate of drug-likeness (QED) is 0.835. The first-order valence-corrected chi connectivity index (χ1v) is 9.82. The van der Waals surface area contributed by atoms with E-state index in [-0.39, 0.29) is 11.7 Å². The van der Waals surface area contributed by atoms with Crippen molar-refractivity contribution in [2.24, 2.45) is 0 Å². The van der Waals surface area contributed by atoms with Crippen LogP contribution in [0.25, 0.3) is 6.08 Å². The maximum absolute atomic E-state index is 13.3. The number of sulfonamides is 1. The summed E-state index contributed by atoms with van der Waals surface area (Å²) in [5.74, 6) is -0.610. The minimum absolute atomic E-state index is 0.175. The van der Waals surface area contributed by atoms with Crippen LogP contribution < -0.4 is 9.62 Å². The average molecular weight is 374 g/mol. The van der Waals surface area contributed by atoms with Crippen LogP contribution in [-0.4, -0.2) is 26.6 Å². The lowest BCUT2D eigenvalue weighted by Crippen LogP contribution is -2.24. The Morgan fingerprint density at radius 3 is 2.58 bits per heavy atom. The van der Waals surface area contributed by atoms with E-state index in [1.165, 1.54) is 22.5 Å². The predicted molar refractivity (Wildman–Crippen MR) is 101 cm³/mol. The van der Waals surface area contributed by atoms with Gasteiger partial charge in [-0.1, -0.05) is 18.2 Å². The van der Waals surface area contributed by atoms with E-state index in [4.69, 9.17) is 0 Å². The number of carbonyl (C=O) groups is 1. The molecule has 5 nitrogen and oxygen atoms in total. The molecule has 2 aromatic carbocycles. The van der Waals surface area contributed by atoms with Crippen LogP contribution in [0.4, 0.5) is 15.8 Å². The topological polar surface area (TPSA) is 66.5 Å². The second kappa shape index (κ2) is 7.29. The Morgan fingerprint density at radius 2 is 1.92 bits per heavy atom. The van der Waals surface area contributed by atoms with Crippen molar-refractivity contribution in [3.63, 3.8) is 0 Å². The van der Waals surface area contributed by atoms with Gasteiger partial charge in [0.15, 0.2) is 0 Å². The standard InChI is InChI=1S/C19H19FN2O3S/c1-14-3-7-16(20)13-18(14)21-19(23)10-6-15-4-8-17(9-5-15)22-11-2-12-26(22,24)25/h3-10,13H,2,11-12H2,1H3,(H,21,23)/b10-6+. The zero-order valence-corrected chi connectivity index (χ0v) is 15.1. The van der Waals surface area contributed by atoms with Gasteiger partial charge in [-0.2, -0.15) is 0 Å². The number of nitrogens with zero attached hydrogens (tertiary/aromatic N) is 1. The van der Waals surface area contributed by atoms with E-state index in [2.05, 4.69) is 5.32 Å². The van der Waals surface area contributed by atoms with Crippen molar-refractivity contribution in [1.82, 2.24) is 0 Å². The highest BCUT2D eigenvalue weighted by Crippen LogP contribution is 2.24. The fraction of sp³-hybridized carbons (Fsp3) is 0.211. The molecule has 3 rings (SSSR count). The number of carbonyl (C=O) groups excluding carboxylic acids is 1. The Morgan fingerprint density at radius 1 is 1.19 bits per heavy atom. The van der Waals surface area contributed by atoms with Crippen molar-refractivity contribution in [2.75, 3.05) is 21.9 Å². The molecule has 1 aliphatic heterocycles. The normalized spacial score (nSPS) is 16.2. The lowest BCUT2D eigenvalue weighted by atomic mass is 10.1. The minimum Gasteiger partial charge on any atom is -0.322 e. The monoisotopic (exact) mass is 374 g/mol. The van der Waals surface area contributed by atoms with Gasteiger partial charge in [-0.15, -0.1) is 0 Å².